The van der Waals surface area contributed by atoms with Crippen LogP contribution >= 0.6 is 0 Å². The summed E-state index contributed by atoms with van der Waals surface area (Å²) in [7, 11) is 0. The maximum absolute atomic E-state index is 12.1. The van der Waals surface area contributed by atoms with Crippen LogP contribution in [0.1, 0.15) is 51.4 Å². The van der Waals surface area contributed by atoms with Crippen molar-refractivity contribution in [2.75, 3.05) is 0 Å². The van der Waals surface area contributed by atoms with E-state index in [9.17, 15) is 38.4 Å². The molecule has 0 aromatic rings. The zero-order valence-electron chi connectivity index (χ0n) is 26.1. The van der Waals surface area contributed by atoms with Crippen molar-refractivity contribution in [2.24, 2.45) is 118 Å². The van der Waals surface area contributed by atoms with E-state index in [1.54, 1.807) is 0 Å². The predicted molar refractivity (Wildman–Crippen MR) is 151 cm³/mol. The Hall–Kier alpha value is -3.44. The molecule has 4 saturated heterocycles. The van der Waals surface area contributed by atoms with Crippen LogP contribution in [0.4, 0.5) is 0 Å². The maximum Gasteiger partial charge on any atom is 0.317 e. The number of hydrogen-bond acceptors (Lipinski definition) is 12. The normalized spacial score (nSPS) is 56.7. The lowest BCUT2D eigenvalue weighted by atomic mass is 9.63. The molecule has 4 heterocycles. The molecule has 252 valence electrons. The predicted octanol–water partition coefficient (Wildman–Crippen LogP) is 1.86. The molecule has 0 aromatic heterocycles. The number of fused-ring (bicyclic) bond motifs is 20. The molecule has 8 saturated carbocycles. The van der Waals surface area contributed by atoms with Crippen LogP contribution in [-0.4, -0.2) is 47.8 Å². The van der Waals surface area contributed by atoms with E-state index in [0.29, 0.717) is 23.7 Å². The van der Waals surface area contributed by atoms with Crippen molar-refractivity contribution in [1.29, 1.82) is 0 Å². The number of carbonyl (C=O) groups excluding carboxylic acids is 8. The Labute approximate surface area is 274 Å². The molecule has 4 aliphatic heterocycles. The molecular weight excluding hydrogens is 624 g/mol. The van der Waals surface area contributed by atoms with Gasteiger partial charge in [-0.3, -0.25) is 38.4 Å². The third-order valence-electron chi connectivity index (χ3n) is 16.3. The number of cyclic esters (lactones) is 8. The van der Waals surface area contributed by atoms with E-state index in [-0.39, 0.29) is 142 Å². The van der Waals surface area contributed by atoms with Gasteiger partial charge in [-0.25, -0.2) is 0 Å². The molecule has 12 fully saturated rings. The van der Waals surface area contributed by atoms with Crippen molar-refractivity contribution in [3.63, 3.8) is 0 Å². The van der Waals surface area contributed by atoms with Crippen molar-refractivity contribution in [3.05, 3.63) is 0 Å². The SMILES string of the molecule is O=C1OC(=O)C2C3CC(CC3C3CC4CC3C3C(=O)OC(=O)C43)C12.O=C1OC(=O)C2C3CC(CC3C3CC4CC3C3C(=O)OC(=O)C43)C12. The summed E-state index contributed by atoms with van der Waals surface area (Å²) in [5.41, 5.74) is 0. The van der Waals surface area contributed by atoms with Gasteiger partial charge in [0.15, 0.2) is 0 Å². The number of esters is 8. The Morgan fingerprint density at radius 3 is 0.625 bits per heavy atom. The Morgan fingerprint density at radius 2 is 0.417 bits per heavy atom. The van der Waals surface area contributed by atoms with Gasteiger partial charge in [0, 0.05) is 0 Å². The van der Waals surface area contributed by atoms with Gasteiger partial charge < -0.3 is 18.9 Å². The minimum Gasteiger partial charge on any atom is -0.393 e. The molecule has 12 aliphatic rings. The molecule has 12 heteroatoms. The summed E-state index contributed by atoms with van der Waals surface area (Å²) >= 11 is 0. The molecule has 48 heavy (non-hydrogen) atoms. The molecule has 8 aliphatic carbocycles. The summed E-state index contributed by atoms with van der Waals surface area (Å²) in [5.74, 6) is -1.10. The van der Waals surface area contributed by atoms with E-state index in [2.05, 4.69) is 0 Å². The van der Waals surface area contributed by atoms with Crippen LogP contribution in [0.3, 0.4) is 0 Å². The molecule has 0 radical (unpaired) electrons. The van der Waals surface area contributed by atoms with Crippen molar-refractivity contribution in [2.45, 2.75) is 51.4 Å². The molecule has 12 rings (SSSR count). The molecule has 12 nitrogen and oxygen atoms in total. The molecule has 20 atom stereocenters. The van der Waals surface area contributed by atoms with Gasteiger partial charge in [0.05, 0.1) is 47.3 Å². The van der Waals surface area contributed by atoms with Gasteiger partial charge in [0.1, 0.15) is 0 Å². The number of rotatable bonds is 2. The molecular formula is C36H36O12. The van der Waals surface area contributed by atoms with Crippen LogP contribution < -0.4 is 0 Å². The monoisotopic (exact) mass is 660 g/mol. The minimum atomic E-state index is -0.335. The minimum absolute atomic E-state index is 0.217. The van der Waals surface area contributed by atoms with E-state index in [1.165, 1.54) is 0 Å². The van der Waals surface area contributed by atoms with E-state index in [4.69, 9.17) is 18.9 Å². The van der Waals surface area contributed by atoms with Crippen LogP contribution in [0.2, 0.25) is 0 Å². The van der Waals surface area contributed by atoms with Gasteiger partial charge in [0.2, 0.25) is 0 Å². The van der Waals surface area contributed by atoms with Gasteiger partial charge in [-0.05, 0) is 122 Å². The van der Waals surface area contributed by atoms with E-state index < -0.39 is 0 Å². The highest BCUT2D eigenvalue weighted by atomic mass is 16.6. The fraction of sp³-hybridized carbons (Fsp3) is 0.778. The quantitative estimate of drug-likeness (QED) is 0.239. The molecule has 0 aromatic carbocycles. The van der Waals surface area contributed by atoms with E-state index in [1.807, 2.05) is 0 Å². The highest BCUT2D eigenvalue weighted by Gasteiger charge is 2.71. The number of carbonyl (C=O) groups is 8. The molecule has 8 bridgehead atoms. The van der Waals surface area contributed by atoms with Crippen molar-refractivity contribution >= 4 is 47.8 Å². The zero-order valence-corrected chi connectivity index (χ0v) is 26.1. The summed E-state index contributed by atoms with van der Waals surface area (Å²) in [6.07, 6.45) is 7.59. The fourth-order valence-corrected chi connectivity index (χ4v) is 15.2. The zero-order chi connectivity index (χ0) is 32.7. The van der Waals surface area contributed by atoms with Crippen molar-refractivity contribution < 1.29 is 57.3 Å². The van der Waals surface area contributed by atoms with Gasteiger partial charge >= 0.3 is 47.8 Å². The second-order valence-electron chi connectivity index (χ2n) is 17.4. The topological polar surface area (TPSA) is 173 Å². The Morgan fingerprint density at radius 1 is 0.250 bits per heavy atom. The summed E-state index contributed by atoms with van der Waals surface area (Å²) in [4.78, 5) is 96.0. The largest absolute Gasteiger partial charge is 0.393 e. The number of ether oxygens (including phenoxy) is 4. The van der Waals surface area contributed by atoms with Gasteiger partial charge in [-0.2, -0.15) is 0 Å². The van der Waals surface area contributed by atoms with Crippen LogP contribution in [0.5, 0.6) is 0 Å². The van der Waals surface area contributed by atoms with Crippen molar-refractivity contribution in [1.82, 2.24) is 0 Å². The first-order valence-corrected chi connectivity index (χ1v) is 18.1. The summed E-state index contributed by atoms with van der Waals surface area (Å²) in [6.45, 7) is 0. The second-order valence-corrected chi connectivity index (χ2v) is 17.4. The Kier molecular flexibility index (Phi) is 5.45. The maximum atomic E-state index is 12.1. The Bertz CT molecular complexity index is 1420. The summed E-state index contributed by atoms with van der Waals surface area (Å²) < 4.78 is 19.5. The first-order valence-electron chi connectivity index (χ1n) is 18.1. The van der Waals surface area contributed by atoms with Gasteiger partial charge in [-0.1, -0.05) is 0 Å². The third kappa shape index (κ3) is 3.33. The van der Waals surface area contributed by atoms with Crippen LogP contribution in [0.15, 0.2) is 0 Å². The second kappa shape index (κ2) is 9.21. The van der Waals surface area contributed by atoms with Crippen molar-refractivity contribution in [3.8, 4) is 0 Å². The highest BCUT2D eigenvalue weighted by molar-refractivity contribution is 5.99. The average molecular weight is 661 g/mol. The van der Waals surface area contributed by atoms with Crippen LogP contribution in [0, 0.1) is 118 Å². The van der Waals surface area contributed by atoms with E-state index in [0.717, 1.165) is 51.4 Å². The molecule has 0 N–H and O–H groups in total. The molecule has 0 amide bonds. The first kappa shape index (κ1) is 28.4. The van der Waals surface area contributed by atoms with Crippen LogP contribution in [0.25, 0.3) is 0 Å². The first-order chi connectivity index (χ1) is 23.1. The number of hydrogen-bond donors (Lipinski definition) is 0. The lowest BCUT2D eigenvalue weighted by Gasteiger charge is -2.38. The summed E-state index contributed by atoms with van der Waals surface area (Å²) in [6, 6.07) is 0. The van der Waals surface area contributed by atoms with Gasteiger partial charge in [0.25, 0.3) is 0 Å². The smallest absolute Gasteiger partial charge is 0.317 e. The lowest BCUT2D eigenvalue weighted by molar-refractivity contribution is -0.156. The molecule has 20 unspecified atom stereocenters. The van der Waals surface area contributed by atoms with E-state index >= 15 is 0 Å². The van der Waals surface area contributed by atoms with Crippen LogP contribution in [-0.2, 0) is 57.3 Å². The third-order valence-corrected chi connectivity index (χ3v) is 16.3. The highest BCUT2D eigenvalue weighted by Crippen LogP contribution is 2.69. The fourth-order valence-electron chi connectivity index (χ4n) is 15.2. The standard InChI is InChI=1S/2C18H18O6/c2*19-15-11-5-1-7(9(3-5)13(11)17(21)23-15)8-2-6-4-10(8)14-12(6)16(20)24-18(14)22/h2*5-14H,1-4H2. The average Bonchev–Trinajstić information content (AvgIpc) is 3.88. The Balaban J connectivity index is 0.000000117. The van der Waals surface area contributed by atoms with Gasteiger partial charge in [-0.15, -0.1) is 0 Å². The lowest BCUT2D eigenvalue weighted by Crippen LogP contribution is -2.39. The molecule has 0 spiro atoms. The summed E-state index contributed by atoms with van der Waals surface area (Å²) in [5, 5.41) is 0.